The third kappa shape index (κ3) is 5.43. The van der Waals surface area contributed by atoms with Gasteiger partial charge in [0.1, 0.15) is 12.0 Å². The SMILES string of the molecule is COC.C[n+]1cccc2cc(Nc3nc(C(N)=O)c(NC(=O)c4ccsc4)s3)ccc21. The number of thiophene rings is 1. The number of ether oxygens (including phenoxy) is 1. The van der Waals surface area contributed by atoms with E-state index in [0.29, 0.717) is 15.7 Å². The summed E-state index contributed by atoms with van der Waals surface area (Å²) in [6, 6.07) is 11.6. The van der Waals surface area contributed by atoms with Crippen LogP contribution in [-0.4, -0.2) is 31.0 Å². The van der Waals surface area contributed by atoms with Gasteiger partial charge in [-0.05, 0) is 29.6 Å². The average Bonchev–Trinajstić information content (AvgIpc) is 3.39. The molecular formula is C21H22N5O3S2+. The van der Waals surface area contributed by atoms with Crippen LogP contribution in [0.15, 0.2) is 53.4 Å². The number of primary amides is 1. The number of thiazole rings is 1. The molecule has 0 atom stereocenters. The number of amides is 2. The molecule has 31 heavy (non-hydrogen) atoms. The second-order valence-electron chi connectivity index (χ2n) is 6.45. The molecule has 4 rings (SSSR count). The van der Waals surface area contributed by atoms with Crippen LogP contribution in [0.5, 0.6) is 0 Å². The highest BCUT2D eigenvalue weighted by molar-refractivity contribution is 7.20. The Morgan fingerprint density at radius 1 is 1.19 bits per heavy atom. The van der Waals surface area contributed by atoms with E-state index in [1.54, 1.807) is 25.7 Å². The quantitative estimate of drug-likeness (QED) is 0.398. The Hall–Kier alpha value is -3.34. The smallest absolute Gasteiger partial charge is 0.270 e. The number of benzene rings is 1. The van der Waals surface area contributed by atoms with E-state index in [2.05, 4.69) is 20.4 Å². The zero-order valence-electron chi connectivity index (χ0n) is 17.2. The van der Waals surface area contributed by atoms with E-state index in [9.17, 15) is 9.59 Å². The number of rotatable bonds is 5. The molecule has 2 amide bonds. The number of aryl methyl sites for hydroxylation is 1. The monoisotopic (exact) mass is 456 g/mol. The number of nitrogens with two attached hydrogens (primary N) is 1. The zero-order valence-corrected chi connectivity index (χ0v) is 18.8. The van der Waals surface area contributed by atoms with Crippen LogP contribution in [0.25, 0.3) is 10.9 Å². The lowest BCUT2D eigenvalue weighted by molar-refractivity contribution is -0.644. The van der Waals surface area contributed by atoms with E-state index in [1.165, 1.54) is 11.3 Å². The third-order valence-corrected chi connectivity index (χ3v) is 5.68. The Labute approximate surface area is 187 Å². The molecule has 0 aliphatic rings. The van der Waals surface area contributed by atoms with Gasteiger partial charge in [-0.1, -0.05) is 11.3 Å². The third-order valence-electron chi connectivity index (χ3n) is 4.12. The summed E-state index contributed by atoms with van der Waals surface area (Å²) in [5.74, 6) is -1.01. The first-order chi connectivity index (χ1) is 14.9. The molecule has 0 aliphatic carbocycles. The van der Waals surface area contributed by atoms with E-state index in [-0.39, 0.29) is 11.6 Å². The molecule has 0 bridgehead atoms. The Morgan fingerprint density at radius 3 is 2.65 bits per heavy atom. The number of pyridine rings is 1. The number of hydrogen-bond acceptors (Lipinski definition) is 7. The van der Waals surface area contributed by atoms with Crippen molar-refractivity contribution in [3.63, 3.8) is 0 Å². The number of hydrogen-bond donors (Lipinski definition) is 3. The molecule has 4 N–H and O–H groups in total. The van der Waals surface area contributed by atoms with Crippen molar-refractivity contribution in [3.05, 3.63) is 64.6 Å². The molecule has 3 heterocycles. The minimum absolute atomic E-state index is 0.0308. The number of methoxy groups -OCH3 is 1. The van der Waals surface area contributed by atoms with Gasteiger partial charge in [-0.3, -0.25) is 9.59 Å². The zero-order chi connectivity index (χ0) is 22.4. The summed E-state index contributed by atoms with van der Waals surface area (Å²) in [5, 5.41) is 11.3. The summed E-state index contributed by atoms with van der Waals surface area (Å²) < 4.78 is 6.28. The Balaban J connectivity index is 0.000000858. The van der Waals surface area contributed by atoms with Crippen molar-refractivity contribution in [1.82, 2.24) is 4.98 Å². The fraction of sp³-hybridized carbons (Fsp3) is 0.143. The van der Waals surface area contributed by atoms with Gasteiger partial charge >= 0.3 is 0 Å². The molecule has 0 aliphatic heterocycles. The van der Waals surface area contributed by atoms with Crippen LogP contribution < -0.4 is 20.9 Å². The fourth-order valence-corrected chi connectivity index (χ4v) is 4.28. The Kier molecular flexibility index (Phi) is 7.29. The highest BCUT2D eigenvalue weighted by Gasteiger charge is 2.19. The Morgan fingerprint density at radius 2 is 1.97 bits per heavy atom. The number of nitrogens with zero attached hydrogens (tertiary/aromatic N) is 2. The lowest BCUT2D eigenvalue weighted by Gasteiger charge is -2.03. The lowest BCUT2D eigenvalue weighted by Crippen LogP contribution is -2.27. The van der Waals surface area contributed by atoms with Gasteiger partial charge in [0, 0.05) is 42.8 Å². The standard InChI is InChI=1S/C19H15N5O2S2.C2H6O/c1-24-7-2-3-11-9-13(4-5-14(11)24)21-19-22-15(16(20)25)18(28-19)23-17(26)12-6-8-27-10-12;1-3-2/h2-10H,1H3,(H3-,20,21,22,23,25,26);1-2H3/p+1. The number of carbonyl (C=O) groups excluding carboxylic acids is 2. The Bertz CT molecular complexity index is 1210. The number of carbonyl (C=O) groups is 2. The van der Waals surface area contributed by atoms with E-state index in [0.717, 1.165) is 27.9 Å². The second-order valence-corrected chi connectivity index (χ2v) is 8.23. The van der Waals surface area contributed by atoms with Gasteiger partial charge in [0.05, 0.1) is 5.56 Å². The van der Waals surface area contributed by atoms with E-state index >= 15 is 0 Å². The van der Waals surface area contributed by atoms with Gasteiger partial charge in [-0.15, -0.1) is 0 Å². The van der Waals surface area contributed by atoms with Gasteiger partial charge < -0.3 is 21.1 Å². The van der Waals surface area contributed by atoms with Crippen LogP contribution in [0.4, 0.5) is 15.8 Å². The largest absolute Gasteiger partial charge is 0.388 e. The number of fused-ring (bicyclic) bond motifs is 1. The van der Waals surface area contributed by atoms with Crippen LogP contribution in [0.1, 0.15) is 20.8 Å². The van der Waals surface area contributed by atoms with E-state index in [4.69, 9.17) is 5.73 Å². The first-order valence-electron chi connectivity index (χ1n) is 9.12. The molecule has 4 aromatic rings. The summed E-state index contributed by atoms with van der Waals surface area (Å²) in [6.45, 7) is 0. The molecule has 0 fully saturated rings. The van der Waals surface area contributed by atoms with Gasteiger partial charge in [0.2, 0.25) is 5.52 Å². The molecule has 160 valence electrons. The minimum atomic E-state index is -0.699. The number of nitrogens with one attached hydrogen (secondary N) is 2. The summed E-state index contributed by atoms with van der Waals surface area (Å²) in [5.41, 5.74) is 7.89. The van der Waals surface area contributed by atoms with Gasteiger partial charge in [0.15, 0.2) is 17.0 Å². The predicted molar refractivity (Wildman–Crippen MR) is 124 cm³/mol. The average molecular weight is 457 g/mol. The van der Waals surface area contributed by atoms with Crippen molar-refractivity contribution >= 4 is 61.2 Å². The van der Waals surface area contributed by atoms with Crippen molar-refractivity contribution in [2.75, 3.05) is 24.9 Å². The minimum Gasteiger partial charge on any atom is -0.388 e. The molecule has 0 saturated heterocycles. The maximum atomic E-state index is 12.3. The first kappa shape index (κ1) is 22.3. The van der Waals surface area contributed by atoms with Crippen molar-refractivity contribution in [2.45, 2.75) is 0 Å². The summed E-state index contributed by atoms with van der Waals surface area (Å²) >= 11 is 2.58. The number of aromatic nitrogens is 2. The summed E-state index contributed by atoms with van der Waals surface area (Å²) in [4.78, 5) is 28.3. The van der Waals surface area contributed by atoms with Crippen LogP contribution >= 0.6 is 22.7 Å². The van der Waals surface area contributed by atoms with Crippen LogP contribution in [0, 0.1) is 0 Å². The van der Waals surface area contributed by atoms with Crippen molar-refractivity contribution in [2.24, 2.45) is 12.8 Å². The summed E-state index contributed by atoms with van der Waals surface area (Å²) in [6.07, 6.45) is 1.98. The van der Waals surface area contributed by atoms with Crippen molar-refractivity contribution < 1.29 is 18.9 Å². The maximum Gasteiger partial charge on any atom is 0.270 e. The molecule has 8 nitrogen and oxygen atoms in total. The molecule has 0 spiro atoms. The normalized spacial score (nSPS) is 10.3. The first-order valence-corrected chi connectivity index (χ1v) is 10.9. The molecule has 0 unspecified atom stereocenters. The van der Waals surface area contributed by atoms with Crippen molar-refractivity contribution in [1.29, 1.82) is 0 Å². The van der Waals surface area contributed by atoms with Crippen LogP contribution in [0.3, 0.4) is 0 Å². The van der Waals surface area contributed by atoms with Gasteiger partial charge in [-0.25, -0.2) is 9.55 Å². The number of anilines is 3. The van der Waals surface area contributed by atoms with E-state index < -0.39 is 5.91 Å². The highest BCUT2D eigenvalue weighted by atomic mass is 32.1. The molecule has 10 heteroatoms. The van der Waals surface area contributed by atoms with Gasteiger partial charge in [0.25, 0.3) is 11.8 Å². The molecular weight excluding hydrogens is 434 g/mol. The van der Waals surface area contributed by atoms with Gasteiger partial charge in [-0.2, -0.15) is 11.3 Å². The predicted octanol–water partition coefficient (Wildman–Crippen LogP) is 3.54. The van der Waals surface area contributed by atoms with Crippen LogP contribution in [0.2, 0.25) is 0 Å². The summed E-state index contributed by atoms with van der Waals surface area (Å²) in [7, 11) is 5.23. The molecule has 3 aromatic heterocycles. The van der Waals surface area contributed by atoms with Crippen LogP contribution in [-0.2, 0) is 11.8 Å². The van der Waals surface area contributed by atoms with E-state index in [1.807, 2.05) is 53.5 Å². The maximum absolute atomic E-state index is 12.3. The second kappa shape index (κ2) is 10.1. The topological polar surface area (TPSA) is 110 Å². The highest BCUT2D eigenvalue weighted by Crippen LogP contribution is 2.31. The molecule has 0 radical (unpaired) electrons. The molecule has 1 aromatic carbocycles. The lowest BCUT2D eigenvalue weighted by atomic mass is 10.2. The molecule has 0 saturated carbocycles. The fourth-order valence-electron chi connectivity index (χ4n) is 2.76. The van der Waals surface area contributed by atoms with Crippen molar-refractivity contribution in [3.8, 4) is 0 Å².